The maximum atomic E-state index is 13.1. The van der Waals surface area contributed by atoms with Crippen molar-refractivity contribution in [3.63, 3.8) is 0 Å². The monoisotopic (exact) mass is 432 g/mol. The lowest BCUT2D eigenvalue weighted by Crippen LogP contribution is -2.29. The number of carbonyl (C=O) groups is 1. The minimum Gasteiger partial charge on any atom is -0.497 e. The molecule has 0 aliphatic rings. The van der Waals surface area contributed by atoms with Crippen molar-refractivity contribution < 1.29 is 9.53 Å². The number of fused-ring (bicyclic) bond motifs is 1. The van der Waals surface area contributed by atoms with Gasteiger partial charge in [0, 0.05) is 29.2 Å². The molecule has 2 aromatic heterocycles. The smallest absolute Gasteiger partial charge is 0.353 e. The number of anilines is 3. The lowest BCUT2D eigenvalue weighted by Gasteiger charge is -2.09. The Labute approximate surface area is 184 Å². The van der Waals surface area contributed by atoms with Crippen molar-refractivity contribution in [3.8, 4) is 5.75 Å². The quantitative estimate of drug-likeness (QED) is 0.485. The van der Waals surface area contributed by atoms with Crippen molar-refractivity contribution in [3.05, 3.63) is 75.8 Å². The van der Waals surface area contributed by atoms with Gasteiger partial charge in [0.05, 0.1) is 7.11 Å². The van der Waals surface area contributed by atoms with E-state index in [1.807, 2.05) is 32.9 Å². The van der Waals surface area contributed by atoms with Crippen LogP contribution < -0.4 is 21.1 Å². The summed E-state index contributed by atoms with van der Waals surface area (Å²) in [6.45, 7) is 5.59. The zero-order chi connectivity index (χ0) is 22.8. The Morgan fingerprint density at radius 1 is 1.03 bits per heavy atom. The van der Waals surface area contributed by atoms with Gasteiger partial charge in [0.1, 0.15) is 12.3 Å². The summed E-state index contributed by atoms with van der Waals surface area (Å²) in [4.78, 5) is 30.1. The van der Waals surface area contributed by atoms with Crippen LogP contribution in [-0.2, 0) is 11.3 Å². The first-order valence-corrected chi connectivity index (χ1v) is 10.1. The zero-order valence-electron chi connectivity index (χ0n) is 18.3. The third-order valence-corrected chi connectivity index (χ3v) is 4.82. The molecule has 4 rings (SSSR count). The molecule has 9 nitrogen and oxygen atoms in total. The van der Waals surface area contributed by atoms with Crippen LogP contribution in [0, 0.1) is 20.8 Å². The SMILES string of the molecule is COc1cccc(NC(=O)Cn2nc3cc(C)nc(Nc4cc(C)cc(C)c4)n3c2=O)c1. The van der Waals surface area contributed by atoms with Gasteiger partial charge < -0.3 is 15.4 Å². The second kappa shape index (κ2) is 8.54. The van der Waals surface area contributed by atoms with E-state index >= 15 is 0 Å². The van der Waals surface area contributed by atoms with Gasteiger partial charge in [-0.1, -0.05) is 12.1 Å². The fourth-order valence-corrected chi connectivity index (χ4v) is 3.55. The third kappa shape index (κ3) is 4.46. The average Bonchev–Trinajstić information content (AvgIpc) is 3.02. The van der Waals surface area contributed by atoms with E-state index in [2.05, 4.69) is 26.8 Å². The molecular formula is C23H24N6O3. The lowest BCUT2D eigenvalue weighted by atomic mass is 10.1. The molecule has 9 heteroatoms. The molecule has 0 atom stereocenters. The standard InChI is InChI=1S/C23H24N6O3/c1-14-8-15(2)10-18(9-14)26-22-24-16(3)11-20-27-28(23(31)29(20)22)13-21(30)25-17-6-5-7-19(12-17)32-4/h5-12H,13H2,1-4H3,(H,24,26)(H,25,30). The van der Waals surface area contributed by atoms with E-state index in [1.165, 1.54) is 4.40 Å². The first-order valence-electron chi connectivity index (χ1n) is 10.1. The number of hydrogen-bond donors (Lipinski definition) is 2. The van der Waals surface area contributed by atoms with Gasteiger partial charge >= 0.3 is 5.69 Å². The second-order valence-corrected chi connectivity index (χ2v) is 7.64. The molecule has 0 unspecified atom stereocenters. The van der Waals surface area contributed by atoms with E-state index in [4.69, 9.17) is 4.74 Å². The highest BCUT2D eigenvalue weighted by Gasteiger charge is 2.16. The number of carbonyl (C=O) groups excluding carboxylic acids is 1. The number of hydrogen-bond acceptors (Lipinski definition) is 6. The van der Waals surface area contributed by atoms with Crippen LogP contribution in [0.2, 0.25) is 0 Å². The van der Waals surface area contributed by atoms with Crippen molar-refractivity contribution in [2.24, 2.45) is 0 Å². The van der Waals surface area contributed by atoms with Gasteiger partial charge in [-0.05, 0) is 56.2 Å². The predicted molar refractivity (Wildman–Crippen MR) is 123 cm³/mol. The Balaban J connectivity index is 1.64. The first kappa shape index (κ1) is 21.1. The molecule has 2 aromatic carbocycles. The maximum absolute atomic E-state index is 13.1. The highest BCUT2D eigenvalue weighted by atomic mass is 16.5. The lowest BCUT2D eigenvalue weighted by molar-refractivity contribution is -0.117. The molecule has 0 aliphatic carbocycles. The summed E-state index contributed by atoms with van der Waals surface area (Å²) in [5.74, 6) is 0.586. The molecule has 32 heavy (non-hydrogen) atoms. The summed E-state index contributed by atoms with van der Waals surface area (Å²) in [5.41, 5.74) is 4.21. The fourth-order valence-electron chi connectivity index (χ4n) is 3.55. The molecule has 0 spiro atoms. The van der Waals surface area contributed by atoms with Crippen LogP contribution in [0.1, 0.15) is 16.8 Å². The van der Waals surface area contributed by atoms with Crippen LogP contribution in [0.4, 0.5) is 17.3 Å². The molecule has 164 valence electrons. The summed E-state index contributed by atoms with van der Waals surface area (Å²) >= 11 is 0. The van der Waals surface area contributed by atoms with Crippen molar-refractivity contribution in [2.75, 3.05) is 17.7 Å². The minimum atomic E-state index is -0.458. The summed E-state index contributed by atoms with van der Waals surface area (Å²) < 4.78 is 7.65. The highest BCUT2D eigenvalue weighted by Crippen LogP contribution is 2.19. The number of amides is 1. The molecule has 0 bridgehead atoms. The fraction of sp³-hybridized carbons (Fsp3) is 0.217. The zero-order valence-corrected chi connectivity index (χ0v) is 18.3. The number of ether oxygens (including phenoxy) is 1. The Kier molecular flexibility index (Phi) is 5.63. The largest absolute Gasteiger partial charge is 0.497 e. The number of nitrogens with zero attached hydrogens (tertiary/aromatic N) is 4. The molecule has 4 aromatic rings. The van der Waals surface area contributed by atoms with E-state index in [0.717, 1.165) is 21.5 Å². The number of rotatable bonds is 6. The molecule has 2 heterocycles. The molecule has 0 aliphatic heterocycles. The van der Waals surface area contributed by atoms with E-state index in [-0.39, 0.29) is 12.5 Å². The van der Waals surface area contributed by atoms with Gasteiger partial charge in [-0.15, -0.1) is 5.10 Å². The molecular weight excluding hydrogens is 408 g/mol. The molecule has 0 fully saturated rings. The number of benzene rings is 2. The topological polar surface area (TPSA) is 103 Å². The van der Waals surface area contributed by atoms with Crippen molar-refractivity contribution >= 4 is 28.9 Å². The Bertz CT molecular complexity index is 1350. The van der Waals surface area contributed by atoms with Gasteiger partial charge in [0.15, 0.2) is 5.65 Å². The first-order chi connectivity index (χ1) is 15.3. The van der Waals surface area contributed by atoms with Gasteiger partial charge in [-0.25, -0.2) is 18.9 Å². The summed E-state index contributed by atoms with van der Waals surface area (Å²) in [6, 6.07) is 14.7. The van der Waals surface area contributed by atoms with Crippen LogP contribution in [-0.4, -0.2) is 32.2 Å². The highest BCUT2D eigenvalue weighted by molar-refractivity contribution is 5.90. The van der Waals surface area contributed by atoms with Crippen LogP contribution in [0.5, 0.6) is 5.75 Å². The van der Waals surface area contributed by atoms with Crippen molar-refractivity contribution in [1.29, 1.82) is 0 Å². The Morgan fingerprint density at radius 2 is 1.78 bits per heavy atom. The molecule has 0 radical (unpaired) electrons. The Hall–Kier alpha value is -4.14. The van der Waals surface area contributed by atoms with Crippen LogP contribution in [0.3, 0.4) is 0 Å². The predicted octanol–water partition coefficient (Wildman–Crippen LogP) is 3.21. The van der Waals surface area contributed by atoms with Crippen molar-refractivity contribution in [1.82, 2.24) is 19.2 Å². The number of aromatic nitrogens is 4. The van der Waals surface area contributed by atoms with E-state index in [9.17, 15) is 9.59 Å². The minimum absolute atomic E-state index is 0.236. The van der Waals surface area contributed by atoms with Crippen molar-refractivity contribution in [2.45, 2.75) is 27.3 Å². The molecule has 1 amide bonds. The van der Waals surface area contributed by atoms with Crippen LogP contribution in [0.15, 0.2) is 53.3 Å². The van der Waals surface area contributed by atoms with Crippen LogP contribution in [0.25, 0.3) is 5.65 Å². The van der Waals surface area contributed by atoms with E-state index < -0.39 is 5.69 Å². The number of nitrogens with one attached hydrogen (secondary N) is 2. The van der Waals surface area contributed by atoms with Gasteiger partial charge in [-0.3, -0.25) is 4.79 Å². The molecule has 0 saturated heterocycles. The van der Waals surface area contributed by atoms with Gasteiger partial charge in [0.25, 0.3) is 0 Å². The second-order valence-electron chi connectivity index (χ2n) is 7.64. The summed E-state index contributed by atoms with van der Waals surface area (Å²) in [5, 5.41) is 10.3. The van der Waals surface area contributed by atoms with E-state index in [1.54, 1.807) is 37.4 Å². The van der Waals surface area contributed by atoms with E-state index in [0.29, 0.717) is 28.7 Å². The normalized spacial score (nSPS) is 10.9. The average molecular weight is 432 g/mol. The number of aryl methyl sites for hydroxylation is 3. The Morgan fingerprint density at radius 3 is 2.50 bits per heavy atom. The number of methoxy groups -OCH3 is 1. The molecule has 2 N–H and O–H groups in total. The van der Waals surface area contributed by atoms with Crippen LogP contribution >= 0.6 is 0 Å². The third-order valence-electron chi connectivity index (χ3n) is 4.82. The maximum Gasteiger partial charge on any atom is 0.353 e. The molecule has 0 saturated carbocycles. The van der Waals surface area contributed by atoms with Gasteiger partial charge in [-0.2, -0.15) is 0 Å². The summed E-state index contributed by atoms with van der Waals surface area (Å²) in [6.07, 6.45) is 0. The summed E-state index contributed by atoms with van der Waals surface area (Å²) in [7, 11) is 1.55. The van der Waals surface area contributed by atoms with Gasteiger partial charge in [0.2, 0.25) is 11.9 Å².